The first kappa shape index (κ1) is 13.6. The normalized spacial score (nSPS) is 33.2. The number of rotatable bonds is 2. The summed E-state index contributed by atoms with van der Waals surface area (Å²) in [6.07, 6.45) is 7.47. The van der Waals surface area contributed by atoms with Crippen LogP contribution >= 0.6 is 0 Å². The number of carbonyl (C=O) groups excluding carboxylic acids is 1. The zero-order chi connectivity index (χ0) is 13.2. The lowest BCUT2D eigenvalue weighted by molar-refractivity contribution is -0.143. The largest absolute Gasteiger partial charge is 0.338 e. The van der Waals surface area contributed by atoms with E-state index in [1.165, 1.54) is 5.57 Å². The van der Waals surface area contributed by atoms with Gasteiger partial charge in [0.2, 0.25) is 5.91 Å². The minimum Gasteiger partial charge on any atom is -0.338 e. The van der Waals surface area contributed by atoms with Crippen molar-refractivity contribution in [3.05, 3.63) is 11.6 Å². The second-order valence-corrected chi connectivity index (χ2v) is 6.23. The van der Waals surface area contributed by atoms with Crippen LogP contribution in [0.4, 0.5) is 0 Å². The van der Waals surface area contributed by atoms with E-state index in [1.807, 2.05) is 4.90 Å². The predicted molar refractivity (Wildman–Crippen MR) is 74.1 cm³/mol. The molecule has 0 bridgehead atoms. The lowest BCUT2D eigenvalue weighted by Crippen LogP contribution is -2.51. The van der Waals surface area contributed by atoms with Gasteiger partial charge in [0.1, 0.15) is 0 Å². The third kappa shape index (κ3) is 2.61. The molecule has 0 spiro atoms. The Morgan fingerprint density at radius 2 is 2.17 bits per heavy atom. The van der Waals surface area contributed by atoms with Crippen LogP contribution in [0.1, 0.15) is 46.0 Å². The minimum atomic E-state index is -0.260. The van der Waals surface area contributed by atoms with Crippen LogP contribution in [-0.4, -0.2) is 30.4 Å². The van der Waals surface area contributed by atoms with Gasteiger partial charge in [-0.1, -0.05) is 18.6 Å². The molecule has 18 heavy (non-hydrogen) atoms. The van der Waals surface area contributed by atoms with Gasteiger partial charge in [0.05, 0.1) is 5.41 Å². The SMILES string of the molecule is CC1=CCCN(C(=O)C2(CN)CCC(C)CC2)C1. The summed E-state index contributed by atoms with van der Waals surface area (Å²) in [4.78, 5) is 14.8. The molecule has 2 rings (SSSR count). The van der Waals surface area contributed by atoms with Crippen LogP contribution < -0.4 is 5.73 Å². The monoisotopic (exact) mass is 250 g/mol. The molecule has 0 aromatic rings. The van der Waals surface area contributed by atoms with E-state index in [1.54, 1.807) is 0 Å². The van der Waals surface area contributed by atoms with E-state index < -0.39 is 0 Å². The number of hydrogen-bond donors (Lipinski definition) is 1. The van der Waals surface area contributed by atoms with E-state index >= 15 is 0 Å². The van der Waals surface area contributed by atoms with Crippen LogP contribution in [0.5, 0.6) is 0 Å². The van der Waals surface area contributed by atoms with Crippen molar-refractivity contribution in [3.8, 4) is 0 Å². The van der Waals surface area contributed by atoms with Crippen molar-refractivity contribution in [3.63, 3.8) is 0 Å². The highest BCUT2D eigenvalue weighted by Crippen LogP contribution is 2.40. The molecule has 0 atom stereocenters. The van der Waals surface area contributed by atoms with Crippen LogP contribution in [0.15, 0.2) is 11.6 Å². The molecule has 1 saturated carbocycles. The fraction of sp³-hybridized carbons (Fsp3) is 0.800. The van der Waals surface area contributed by atoms with Crippen molar-refractivity contribution in [1.29, 1.82) is 0 Å². The van der Waals surface area contributed by atoms with E-state index in [0.717, 1.165) is 51.1 Å². The highest BCUT2D eigenvalue weighted by Gasteiger charge is 2.42. The van der Waals surface area contributed by atoms with Gasteiger partial charge in [0.25, 0.3) is 0 Å². The van der Waals surface area contributed by atoms with E-state index in [4.69, 9.17) is 5.73 Å². The number of hydrogen-bond acceptors (Lipinski definition) is 2. The van der Waals surface area contributed by atoms with Gasteiger partial charge in [0.15, 0.2) is 0 Å². The molecule has 1 fully saturated rings. The summed E-state index contributed by atoms with van der Waals surface area (Å²) < 4.78 is 0. The number of nitrogens with two attached hydrogens (primary N) is 1. The third-order valence-corrected chi connectivity index (χ3v) is 4.70. The average Bonchev–Trinajstić information content (AvgIpc) is 2.39. The molecule has 3 nitrogen and oxygen atoms in total. The average molecular weight is 250 g/mol. The molecule has 0 radical (unpaired) electrons. The van der Waals surface area contributed by atoms with Crippen molar-refractivity contribution in [2.45, 2.75) is 46.0 Å². The highest BCUT2D eigenvalue weighted by molar-refractivity contribution is 5.83. The molecule has 102 valence electrons. The molecule has 0 saturated heterocycles. The van der Waals surface area contributed by atoms with Gasteiger partial charge in [-0.15, -0.1) is 0 Å². The second kappa shape index (κ2) is 5.43. The van der Waals surface area contributed by atoms with Crippen molar-refractivity contribution in [2.75, 3.05) is 19.6 Å². The smallest absolute Gasteiger partial charge is 0.230 e. The lowest BCUT2D eigenvalue weighted by Gasteiger charge is -2.41. The number of nitrogens with zero attached hydrogens (tertiary/aromatic N) is 1. The molecule has 1 aliphatic heterocycles. The lowest BCUT2D eigenvalue weighted by atomic mass is 9.70. The fourth-order valence-corrected chi connectivity index (χ4v) is 3.24. The standard InChI is InChI=1S/C15H26N2O/c1-12-5-7-15(11-16,8-6-12)14(18)17-9-3-4-13(2)10-17/h4,12H,3,5-11,16H2,1-2H3. The maximum absolute atomic E-state index is 12.8. The van der Waals surface area contributed by atoms with Gasteiger partial charge in [-0.3, -0.25) is 4.79 Å². The van der Waals surface area contributed by atoms with Gasteiger partial charge in [0, 0.05) is 19.6 Å². The van der Waals surface area contributed by atoms with Gasteiger partial charge in [-0.25, -0.2) is 0 Å². The Balaban J connectivity index is 2.08. The maximum atomic E-state index is 12.8. The molecule has 1 aliphatic carbocycles. The first-order valence-electron chi connectivity index (χ1n) is 7.22. The number of amides is 1. The Morgan fingerprint density at radius 3 is 2.72 bits per heavy atom. The zero-order valence-electron chi connectivity index (χ0n) is 11.7. The van der Waals surface area contributed by atoms with Gasteiger partial charge < -0.3 is 10.6 Å². The van der Waals surface area contributed by atoms with E-state index in [0.29, 0.717) is 12.5 Å². The Hall–Kier alpha value is -0.830. The number of carbonyl (C=O) groups is 1. The van der Waals surface area contributed by atoms with Gasteiger partial charge >= 0.3 is 0 Å². The molecule has 0 aromatic heterocycles. The highest BCUT2D eigenvalue weighted by atomic mass is 16.2. The Labute approximate surface area is 110 Å². The van der Waals surface area contributed by atoms with Crippen LogP contribution in [0.2, 0.25) is 0 Å². The summed E-state index contributed by atoms with van der Waals surface area (Å²) in [6, 6.07) is 0. The van der Waals surface area contributed by atoms with Crippen LogP contribution in [0.25, 0.3) is 0 Å². The van der Waals surface area contributed by atoms with Crippen LogP contribution in [0.3, 0.4) is 0 Å². The predicted octanol–water partition coefficient (Wildman–Crippen LogP) is 2.32. The summed E-state index contributed by atoms with van der Waals surface area (Å²) in [7, 11) is 0. The van der Waals surface area contributed by atoms with Crippen molar-refractivity contribution in [2.24, 2.45) is 17.1 Å². The van der Waals surface area contributed by atoms with E-state index in [-0.39, 0.29) is 5.41 Å². The summed E-state index contributed by atoms with van der Waals surface area (Å²) in [5, 5.41) is 0. The van der Waals surface area contributed by atoms with Crippen LogP contribution in [0, 0.1) is 11.3 Å². The molecule has 1 heterocycles. The van der Waals surface area contributed by atoms with Crippen molar-refractivity contribution < 1.29 is 4.79 Å². The molecule has 2 N–H and O–H groups in total. The maximum Gasteiger partial charge on any atom is 0.230 e. The summed E-state index contributed by atoms with van der Waals surface area (Å²) in [5.41, 5.74) is 7.02. The fourth-order valence-electron chi connectivity index (χ4n) is 3.24. The van der Waals surface area contributed by atoms with E-state index in [9.17, 15) is 4.79 Å². The van der Waals surface area contributed by atoms with Crippen molar-refractivity contribution >= 4 is 5.91 Å². The molecule has 0 unspecified atom stereocenters. The molecule has 0 aromatic carbocycles. The zero-order valence-corrected chi connectivity index (χ0v) is 11.7. The molecule has 2 aliphatic rings. The minimum absolute atomic E-state index is 0.260. The summed E-state index contributed by atoms with van der Waals surface area (Å²) in [5.74, 6) is 1.06. The molecular weight excluding hydrogens is 224 g/mol. The summed E-state index contributed by atoms with van der Waals surface area (Å²) >= 11 is 0. The molecular formula is C15H26N2O. The Kier molecular flexibility index (Phi) is 4.10. The Morgan fingerprint density at radius 1 is 1.50 bits per heavy atom. The quantitative estimate of drug-likeness (QED) is 0.765. The first-order chi connectivity index (χ1) is 8.57. The van der Waals surface area contributed by atoms with Gasteiger partial charge in [-0.05, 0) is 44.9 Å². The van der Waals surface area contributed by atoms with Gasteiger partial charge in [-0.2, -0.15) is 0 Å². The third-order valence-electron chi connectivity index (χ3n) is 4.70. The topological polar surface area (TPSA) is 46.3 Å². The van der Waals surface area contributed by atoms with E-state index in [2.05, 4.69) is 19.9 Å². The Bertz CT molecular complexity index is 340. The van der Waals surface area contributed by atoms with Crippen LogP contribution in [-0.2, 0) is 4.79 Å². The first-order valence-corrected chi connectivity index (χ1v) is 7.22. The second-order valence-electron chi connectivity index (χ2n) is 6.23. The summed E-state index contributed by atoms with van der Waals surface area (Å²) in [6.45, 7) is 6.57. The molecule has 1 amide bonds. The van der Waals surface area contributed by atoms with Crippen molar-refractivity contribution in [1.82, 2.24) is 4.90 Å². The molecule has 3 heteroatoms.